The van der Waals surface area contributed by atoms with E-state index in [1.807, 2.05) is 27.2 Å². The first-order valence-electron chi connectivity index (χ1n) is 5.72. The number of likely N-dealkylation sites (tertiary alicyclic amines) is 1. The first-order valence-corrected chi connectivity index (χ1v) is 5.72. The van der Waals surface area contributed by atoms with Gasteiger partial charge in [0.15, 0.2) is 0 Å². The largest absolute Gasteiger partial charge is 0.471 e. The molecule has 0 aromatic rings. The Labute approximate surface area is 122 Å². The van der Waals surface area contributed by atoms with E-state index in [1.54, 1.807) is 4.90 Å². The van der Waals surface area contributed by atoms with Crippen LogP contribution in [-0.2, 0) is 35.3 Å². The second-order valence-electron chi connectivity index (χ2n) is 5.08. The zero-order chi connectivity index (χ0) is 13.1. The summed E-state index contributed by atoms with van der Waals surface area (Å²) in [5, 5.41) is 0. The van der Waals surface area contributed by atoms with Crippen molar-refractivity contribution in [1.29, 1.82) is 0 Å². The number of piperidine rings is 1. The number of carbonyl (C=O) groups excluding carboxylic acids is 2. The van der Waals surface area contributed by atoms with Gasteiger partial charge in [-0.1, -0.05) is 0 Å². The number of amides is 1. The van der Waals surface area contributed by atoms with Crippen LogP contribution in [0.15, 0.2) is 0 Å². The molecule has 0 aromatic carbocycles. The molecule has 0 bridgehead atoms. The SMILES string of the molecule is COC(=O)C1[CH-]CCN(C(=O)OC(C)(C)C)C1.[W]. The number of carbonyl (C=O) groups is 2. The van der Waals surface area contributed by atoms with E-state index >= 15 is 0 Å². The number of rotatable bonds is 1. The van der Waals surface area contributed by atoms with Gasteiger partial charge in [-0.15, -0.1) is 0 Å². The average Bonchev–Trinajstić information content (AvgIpc) is 2.26. The summed E-state index contributed by atoms with van der Waals surface area (Å²) in [5.41, 5.74) is -0.515. The Balaban J connectivity index is 0.00000289. The van der Waals surface area contributed by atoms with Gasteiger partial charge in [-0.2, -0.15) is 6.42 Å². The molecule has 1 amide bonds. The van der Waals surface area contributed by atoms with Crippen molar-refractivity contribution < 1.29 is 40.1 Å². The molecule has 1 aliphatic heterocycles. The number of nitrogens with zero attached hydrogens (tertiary/aromatic N) is 1. The van der Waals surface area contributed by atoms with Gasteiger partial charge in [0.2, 0.25) is 0 Å². The third kappa shape index (κ3) is 5.38. The molecule has 1 saturated heterocycles. The summed E-state index contributed by atoms with van der Waals surface area (Å²) in [6.07, 6.45) is 2.19. The number of hydrogen-bond acceptors (Lipinski definition) is 4. The van der Waals surface area contributed by atoms with Crippen LogP contribution in [0.2, 0.25) is 0 Å². The summed E-state index contributed by atoms with van der Waals surface area (Å²) in [4.78, 5) is 24.7. The van der Waals surface area contributed by atoms with Crippen molar-refractivity contribution in [3.05, 3.63) is 6.42 Å². The van der Waals surface area contributed by atoms with Crippen molar-refractivity contribution in [2.75, 3.05) is 20.2 Å². The first kappa shape index (κ1) is 17.4. The van der Waals surface area contributed by atoms with Crippen molar-refractivity contribution in [3.8, 4) is 0 Å². The molecule has 1 heterocycles. The molecule has 104 valence electrons. The van der Waals surface area contributed by atoms with E-state index in [1.165, 1.54) is 7.11 Å². The maximum absolute atomic E-state index is 11.8. The molecule has 18 heavy (non-hydrogen) atoms. The quantitative estimate of drug-likeness (QED) is 0.473. The molecule has 1 aliphatic rings. The molecule has 1 unspecified atom stereocenters. The third-order valence-electron chi connectivity index (χ3n) is 2.42. The van der Waals surface area contributed by atoms with Gasteiger partial charge in [-0.3, -0.25) is 4.79 Å². The van der Waals surface area contributed by atoms with Gasteiger partial charge in [0.1, 0.15) is 5.60 Å². The van der Waals surface area contributed by atoms with Gasteiger partial charge in [0.25, 0.3) is 5.97 Å². The van der Waals surface area contributed by atoms with Crippen LogP contribution in [0.1, 0.15) is 27.2 Å². The zero-order valence-corrected chi connectivity index (χ0v) is 14.2. The van der Waals surface area contributed by atoms with E-state index in [4.69, 9.17) is 4.74 Å². The molecule has 0 radical (unpaired) electrons. The van der Waals surface area contributed by atoms with Gasteiger partial charge in [0.05, 0.1) is 7.11 Å². The summed E-state index contributed by atoms with van der Waals surface area (Å²) in [6.45, 7) is 6.38. The first-order chi connectivity index (χ1) is 7.83. The van der Waals surface area contributed by atoms with E-state index in [-0.39, 0.29) is 39.0 Å². The third-order valence-corrected chi connectivity index (χ3v) is 2.42. The van der Waals surface area contributed by atoms with Crippen molar-refractivity contribution in [2.45, 2.75) is 32.8 Å². The Hall–Kier alpha value is -0.572. The number of esters is 1. The minimum absolute atomic E-state index is 0. The van der Waals surface area contributed by atoms with Gasteiger partial charge < -0.3 is 20.8 Å². The fourth-order valence-corrected chi connectivity index (χ4v) is 1.65. The van der Waals surface area contributed by atoms with Crippen LogP contribution in [0.3, 0.4) is 0 Å². The molecule has 1 atom stereocenters. The second-order valence-corrected chi connectivity index (χ2v) is 5.08. The molecular weight excluding hydrogens is 406 g/mol. The van der Waals surface area contributed by atoms with Crippen molar-refractivity contribution in [1.82, 2.24) is 4.90 Å². The van der Waals surface area contributed by atoms with Gasteiger partial charge in [-0.05, 0) is 33.2 Å². The zero-order valence-electron chi connectivity index (χ0n) is 11.3. The van der Waals surface area contributed by atoms with Crippen LogP contribution >= 0.6 is 0 Å². The van der Waals surface area contributed by atoms with E-state index in [9.17, 15) is 9.59 Å². The molecule has 0 saturated carbocycles. The molecule has 0 aromatic heterocycles. The van der Waals surface area contributed by atoms with Crippen molar-refractivity contribution in [2.24, 2.45) is 5.92 Å². The summed E-state index contributed by atoms with van der Waals surface area (Å²) in [5.74, 6) is -0.653. The molecule has 6 heteroatoms. The molecule has 1 rings (SSSR count). The predicted octanol–water partition coefficient (Wildman–Crippen LogP) is 1.62. The van der Waals surface area contributed by atoms with Crippen LogP contribution in [0, 0.1) is 12.3 Å². The number of ether oxygens (including phenoxy) is 2. The Morgan fingerprint density at radius 3 is 2.44 bits per heavy atom. The maximum Gasteiger partial charge on any atom is 0.410 e. The van der Waals surface area contributed by atoms with Gasteiger partial charge in [0, 0.05) is 27.6 Å². The molecule has 0 spiro atoms. The molecule has 5 nitrogen and oxygen atoms in total. The Morgan fingerprint density at radius 1 is 1.33 bits per heavy atom. The Bertz CT molecular complexity index is 301. The van der Waals surface area contributed by atoms with Crippen molar-refractivity contribution in [3.63, 3.8) is 0 Å². The monoisotopic (exact) mass is 426 g/mol. The van der Waals surface area contributed by atoms with E-state index in [0.717, 1.165) is 0 Å². The summed E-state index contributed by atoms with van der Waals surface area (Å²) < 4.78 is 9.93. The van der Waals surface area contributed by atoms with Crippen LogP contribution < -0.4 is 0 Å². The number of methoxy groups -OCH3 is 1. The van der Waals surface area contributed by atoms with E-state index in [2.05, 4.69) is 4.74 Å². The minimum atomic E-state index is -0.515. The van der Waals surface area contributed by atoms with E-state index in [0.29, 0.717) is 19.5 Å². The van der Waals surface area contributed by atoms with Crippen LogP contribution in [-0.4, -0.2) is 42.8 Å². The molecule has 1 fully saturated rings. The fourth-order valence-electron chi connectivity index (χ4n) is 1.65. The molecular formula is C12H20NO4W-. The Morgan fingerprint density at radius 2 is 1.94 bits per heavy atom. The van der Waals surface area contributed by atoms with Crippen LogP contribution in [0.25, 0.3) is 0 Å². The fraction of sp³-hybridized carbons (Fsp3) is 0.750. The van der Waals surface area contributed by atoms with Crippen molar-refractivity contribution >= 4 is 12.1 Å². The summed E-state index contributed by atoms with van der Waals surface area (Å²) >= 11 is 0. The minimum Gasteiger partial charge on any atom is -0.471 e. The standard InChI is InChI=1S/C12H20NO4.W/c1-12(2,3)17-11(15)13-7-5-6-9(8-13)10(14)16-4;/h6,9H,5,7-8H2,1-4H3;/q-1;. The molecule has 0 aliphatic carbocycles. The maximum atomic E-state index is 11.8. The van der Waals surface area contributed by atoms with Crippen LogP contribution in [0.4, 0.5) is 4.79 Å². The average molecular weight is 426 g/mol. The summed E-state index contributed by atoms with van der Waals surface area (Å²) in [6, 6.07) is 0. The smallest absolute Gasteiger partial charge is 0.410 e. The Kier molecular flexibility index (Phi) is 6.90. The number of hydrogen-bond donors (Lipinski definition) is 0. The van der Waals surface area contributed by atoms with Crippen LogP contribution in [0.5, 0.6) is 0 Å². The van der Waals surface area contributed by atoms with Gasteiger partial charge in [-0.25, -0.2) is 4.79 Å². The predicted molar refractivity (Wildman–Crippen MR) is 62.2 cm³/mol. The molecule has 0 N–H and O–H groups in total. The van der Waals surface area contributed by atoms with Gasteiger partial charge >= 0.3 is 6.09 Å². The normalized spacial score (nSPS) is 19.8. The second kappa shape index (κ2) is 7.12. The topological polar surface area (TPSA) is 55.8 Å². The van der Waals surface area contributed by atoms with E-state index < -0.39 is 5.60 Å². The summed E-state index contributed by atoms with van der Waals surface area (Å²) in [7, 11) is 1.35.